The molecule has 2 N–H and O–H groups in total. The fraction of sp³-hybridized carbons (Fsp3) is 0.143. The Morgan fingerprint density at radius 1 is 1.14 bits per heavy atom. The summed E-state index contributed by atoms with van der Waals surface area (Å²) in [5.74, 6) is -1.32. The van der Waals surface area contributed by atoms with Crippen molar-refractivity contribution in [1.29, 1.82) is 0 Å². The minimum atomic E-state index is -0.691. The molecule has 0 saturated carbocycles. The number of hydrogen-bond acceptors (Lipinski definition) is 4. The molecule has 0 saturated heterocycles. The van der Waals surface area contributed by atoms with E-state index in [0.717, 1.165) is 24.3 Å². The number of nitrogens with two attached hydrogens (primary N) is 1. The fourth-order valence-electron chi connectivity index (χ4n) is 1.81. The summed E-state index contributed by atoms with van der Waals surface area (Å²) < 4.78 is 31.9. The SMILES string of the molecule is C[C@@H](N)c1cc(F)ccc1Oc1cc(F)ccc1[N+](=O)[O-]. The van der Waals surface area contributed by atoms with Gasteiger partial charge in [-0.2, -0.15) is 0 Å². The molecule has 5 nitrogen and oxygen atoms in total. The Morgan fingerprint density at radius 2 is 1.76 bits per heavy atom. The Labute approximate surface area is 119 Å². The third kappa shape index (κ3) is 3.32. The average Bonchev–Trinajstić information content (AvgIpc) is 2.40. The molecule has 0 aliphatic rings. The average molecular weight is 294 g/mol. The van der Waals surface area contributed by atoms with Crippen molar-refractivity contribution in [1.82, 2.24) is 0 Å². The molecule has 110 valence electrons. The second-order valence-corrected chi connectivity index (χ2v) is 4.44. The Balaban J connectivity index is 2.47. The van der Waals surface area contributed by atoms with Crippen molar-refractivity contribution in [3.63, 3.8) is 0 Å². The molecule has 0 aliphatic carbocycles. The third-order valence-corrected chi connectivity index (χ3v) is 2.80. The first kappa shape index (κ1) is 14.9. The molecule has 21 heavy (non-hydrogen) atoms. The number of ether oxygens (including phenoxy) is 1. The largest absolute Gasteiger partial charge is 0.450 e. The first-order chi connectivity index (χ1) is 9.88. The van der Waals surface area contributed by atoms with Crippen LogP contribution in [-0.2, 0) is 0 Å². The maximum atomic E-state index is 13.2. The van der Waals surface area contributed by atoms with Gasteiger partial charge in [0.15, 0.2) is 0 Å². The number of halogens is 2. The zero-order chi connectivity index (χ0) is 15.6. The van der Waals surface area contributed by atoms with Gasteiger partial charge < -0.3 is 10.5 Å². The monoisotopic (exact) mass is 294 g/mol. The van der Waals surface area contributed by atoms with Gasteiger partial charge in [0.1, 0.15) is 17.4 Å². The van der Waals surface area contributed by atoms with Crippen LogP contribution in [0.2, 0.25) is 0 Å². The van der Waals surface area contributed by atoms with Gasteiger partial charge in [-0.05, 0) is 31.2 Å². The van der Waals surface area contributed by atoms with E-state index in [1.165, 1.54) is 12.1 Å². The molecule has 1 atom stereocenters. The maximum Gasteiger partial charge on any atom is 0.311 e. The summed E-state index contributed by atoms with van der Waals surface area (Å²) in [6.07, 6.45) is 0. The van der Waals surface area contributed by atoms with E-state index in [1.807, 2.05) is 0 Å². The second-order valence-electron chi connectivity index (χ2n) is 4.44. The molecule has 0 amide bonds. The van der Waals surface area contributed by atoms with E-state index in [4.69, 9.17) is 10.5 Å². The van der Waals surface area contributed by atoms with Crippen molar-refractivity contribution in [3.05, 3.63) is 63.7 Å². The maximum absolute atomic E-state index is 13.2. The summed E-state index contributed by atoms with van der Waals surface area (Å²) in [5.41, 5.74) is 5.65. The normalized spacial score (nSPS) is 12.0. The summed E-state index contributed by atoms with van der Waals surface area (Å²) in [6.45, 7) is 1.61. The number of nitrogens with zero attached hydrogens (tertiary/aromatic N) is 1. The van der Waals surface area contributed by atoms with Crippen LogP contribution >= 0.6 is 0 Å². The van der Waals surface area contributed by atoms with Gasteiger partial charge in [0.2, 0.25) is 5.75 Å². The minimum Gasteiger partial charge on any atom is -0.450 e. The number of benzene rings is 2. The minimum absolute atomic E-state index is 0.139. The third-order valence-electron chi connectivity index (χ3n) is 2.80. The van der Waals surface area contributed by atoms with Crippen molar-refractivity contribution < 1.29 is 18.4 Å². The van der Waals surface area contributed by atoms with E-state index in [2.05, 4.69) is 0 Å². The smallest absolute Gasteiger partial charge is 0.311 e. The predicted molar refractivity (Wildman–Crippen MR) is 72.1 cm³/mol. The van der Waals surface area contributed by atoms with Crippen molar-refractivity contribution in [3.8, 4) is 11.5 Å². The van der Waals surface area contributed by atoms with Crippen LogP contribution in [0.4, 0.5) is 14.5 Å². The van der Waals surface area contributed by atoms with Crippen LogP contribution in [0.5, 0.6) is 11.5 Å². The number of hydrogen-bond donors (Lipinski definition) is 1. The van der Waals surface area contributed by atoms with Crippen LogP contribution in [0.3, 0.4) is 0 Å². The topological polar surface area (TPSA) is 78.4 Å². The Bertz CT molecular complexity index is 690. The van der Waals surface area contributed by atoms with E-state index in [1.54, 1.807) is 6.92 Å². The van der Waals surface area contributed by atoms with Crippen LogP contribution in [0.15, 0.2) is 36.4 Å². The van der Waals surface area contributed by atoms with E-state index < -0.39 is 28.3 Å². The van der Waals surface area contributed by atoms with Crippen molar-refractivity contribution in [2.75, 3.05) is 0 Å². The van der Waals surface area contributed by atoms with Crippen LogP contribution in [-0.4, -0.2) is 4.92 Å². The summed E-state index contributed by atoms with van der Waals surface area (Å²) in [6, 6.07) is 5.90. The zero-order valence-corrected chi connectivity index (χ0v) is 11.0. The van der Waals surface area contributed by atoms with Gasteiger partial charge in [-0.3, -0.25) is 10.1 Å². The van der Waals surface area contributed by atoms with Gasteiger partial charge in [0.05, 0.1) is 4.92 Å². The molecule has 2 rings (SSSR count). The van der Waals surface area contributed by atoms with E-state index in [9.17, 15) is 18.9 Å². The molecule has 0 fully saturated rings. The molecule has 0 aliphatic heterocycles. The molecular formula is C14H12F2N2O3. The zero-order valence-electron chi connectivity index (χ0n) is 11.0. The lowest BCUT2D eigenvalue weighted by Gasteiger charge is -2.14. The Hall–Kier alpha value is -2.54. The van der Waals surface area contributed by atoms with Crippen molar-refractivity contribution in [2.45, 2.75) is 13.0 Å². The predicted octanol–water partition coefficient (Wildman–Crippen LogP) is 3.69. The highest BCUT2D eigenvalue weighted by atomic mass is 19.1. The van der Waals surface area contributed by atoms with Gasteiger partial charge in [0, 0.05) is 23.7 Å². The summed E-state index contributed by atoms with van der Waals surface area (Å²) in [7, 11) is 0. The molecule has 0 spiro atoms. The number of nitro benzene ring substituents is 1. The van der Waals surface area contributed by atoms with Crippen LogP contribution in [0.25, 0.3) is 0 Å². The molecule has 2 aromatic rings. The summed E-state index contributed by atoms with van der Waals surface area (Å²) >= 11 is 0. The lowest BCUT2D eigenvalue weighted by Crippen LogP contribution is -2.07. The fourth-order valence-corrected chi connectivity index (χ4v) is 1.81. The molecule has 0 heterocycles. The second kappa shape index (κ2) is 5.84. The molecule has 7 heteroatoms. The van der Waals surface area contributed by atoms with E-state index in [-0.39, 0.29) is 11.5 Å². The lowest BCUT2D eigenvalue weighted by molar-refractivity contribution is -0.385. The molecule has 0 aromatic heterocycles. The summed E-state index contributed by atoms with van der Waals surface area (Å²) in [4.78, 5) is 10.2. The van der Waals surface area contributed by atoms with Crippen LogP contribution in [0.1, 0.15) is 18.5 Å². The van der Waals surface area contributed by atoms with E-state index >= 15 is 0 Å². The summed E-state index contributed by atoms with van der Waals surface area (Å²) in [5, 5.41) is 10.9. The lowest BCUT2D eigenvalue weighted by atomic mass is 10.1. The quantitative estimate of drug-likeness (QED) is 0.689. The Morgan fingerprint density at radius 3 is 2.38 bits per heavy atom. The van der Waals surface area contributed by atoms with Gasteiger partial charge >= 0.3 is 5.69 Å². The highest BCUT2D eigenvalue weighted by Gasteiger charge is 2.19. The highest BCUT2D eigenvalue weighted by Crippen LogP contribution is 2.35. The number of nitro groups is 1. The van der Waals surface area contributed by atoms with Crippen molar-refractivity contribution >= 4 is 5.69 Å². The van der Waals surface area contributed by atoms with Crippen LogP contribution in [0, 0.1) is 21.7 Å². The van der Waals surface area contributed by atoms with Crippen molar-refractivity contribution in [2.24, 2.45) is 5.73 Å². The van der Waals surface area contributed by atoms with Gasteiger partial charge in [-0.1, -0.05) is 0 Å². The molecule has 0 radical (unpaired) electrons. The van der Waals surface area contributed by atoms with E-state index in [0.29, 0.717) is 5.56 Å². The molecule has 0 bridgehead atoms. The molecular weight excluding hydrogens is 282 g/mol. The highest BCUT2D eigenvalue weighted by molar-refractivity contribution is 5.50. The molecule has 0 unspecified atom stereocenters. The molecule has 2 aromatic carbocycles. The first-order valence-corrected chi connectivity index (χ1v) is 6.05. The number of rotatable bonds is 4. The Kier molecular flexibility index (Phi) is 4.13. The van der Waals surface area contributed by atoms with Gasteiger partial charge in [0.25, 0.3) is 0 Å². The van der Waals surface area contributed by atoms with Gasteiger partial charge in [-0.15, -0.1) is 0 Å². The first-order valence-electron chi connectivity index (χ1n) is 6.05. The van der Waals surface area contributed by atoms with Gasteiger partial charge in [-0.25, -0.2) is 8.78 Å². The van der Waals surface area contributed by atoms with Crippen LogP contribution < -0.4 is 10.5 Å². The standard InChI is InChI=1S/C14H12F2N2O3/c1-8(17)11-6-9(15)3-5-13(11)21-14-7-10(16)2-4-12(14)18(19)20/h2-8H,17H2,1H3/t8-/m1/s1.